The Morgan fingerprint density at radius 1 is 1.36 bits per heavy atom. The molecule has 0 bridgehead atoms. The number of nitrogens with one attached hydrogen (secondary N) is 2. The zero-order valence-corrected chi connectivity index (χ0v) is 14.0. The van der Waals surface area contributed by atoms with Crippen molar-refractivity contribution >= 4 is 40.0 Å². The van der Waals surface area contributed by atoms with E-state index in [1.54, 1.807) is 12.1 Å². The normalized spacial score (nSPS) is 11.2. The van der Waals surface area contributed by atoms with Crippen LogP contribution in [-0.4, -0.2) is 33.3 Å². The van der Waals surface area contributed by atoms with Crippen LogP contribution >= 0.6 is 23.1 Å². The van der Waals surface area contributed by atoms with Crippen LogP contribution in [-0.2, 0) is 4.79 Å². The molecule has 0 aliphatic heterocycles. The summed E-state index contributed by atoms with van der Waals surface area (Å²) in [6, 6.07) is 3.19. The van der Waals surface area contributed by atoms with E-state index in [0.717, 1.165) is 0 Å². The van der Waals surface area contributed by atoms with Gasteiger partial charge in [-0.2, -0.15) is 0 Å². The van der Waals surface area contributed by atoms with Crippen LogP contribution in [0.3, 0.4) is 0 Å². The lowest BCUT2D eigenvalue weighted by atomic mass is 10.1. The number of hydrogen-bond acceptors (Lipinski definition) is 7. The van der Waals surface area contributed by atoms with E-state index in [1.165, 1.54) is 29.4 Å². The number of amides is 2. The molecule has 0 aliphatic carbocycles. The zero-order valence-electron chi connectivity index (χ0n) is 12.4. The molecule has 0 saturated heterocycles. The van der Waals surface area contributed by atoms with Crippen molar-refractivity contribution in [2.45, 2.75) is 30.6 Å². The first-order valence-corrected chi connectivity index (χ1v) is 8.26. The molecule has 0 saturated carbocycles. The lowest BCUT2D eigenvalue weighted by Crippen LogP contribution is -2.41. The Morgan fingerprint density at radius 2 is 2.14 bits per heavy atom. The molecule has 22 heavy (non-hydrogen) atoms. The van der Waals surface area contributed by atoms with Crippen molar-refractivity contribution in [2.24, 2.45) is 0 Å². The molecule has 2 rings (SSSR count). The monoisotopic (exact) mass is 340 g/mol. The molecule has 0 unspecified atom stereocenters. The Kier molecular flexibility index (Phi) is 5.19. The molecule has 2 heterocycles. The summed E-state index contributed by atoms with van der Waals surface area (Å²) >= 11 is 2.48. The fourth-order valence-corrected chi connectivity index (χ4v) is 3.01. The average molecular weight is 340 g/mol. The summed E-state index contributed by atoms with van der Waals surface area (Å²) in [4.78, 5) is 23.5. The van der Waals surface area contributed by atoms with Crippen molar-refractivity contribution in [3.8, 4) is 0 Å². The molecule has 118 valence electrons. The highest BCUT2D eigenvalue weighted by atomic mass is 32.2. The van der Waals surface area contributed by atoms with Gasteiger partial charge in [-0.25, -0.2) is 0 Å². The summed E-state index contributed by atoms with van der Waals surface area (Å²) < 4.78 is 5.60. The van der Waals surface area contributed by atoms with Gasteiger partial charge >= 0.3 is 0 Å². The zero-order chi connectivity index (χ0) is 16.2. The topological polar surface area (TPSA) is 97.1 Å². The molecular weight excluding hydrogens is 324 g/mol. The second-order valence-corrected chi connectivity index (χ2v) is 7.59. The summed E-state index contributed by atoms with van der Waals surface area (Å²) in [5.41, 5.74) is -0.263. The smallest absolute Gasteiger partial charge is 0.293 e. The van der Waals surface area contributed by atoms with E-state index in [9.17, 15) is 9.59 Å². The third-order valence-corrected chi connectivity index (χ3v) is 4.19. The van der Waals surface area contributed by atoms with Crippen molar-refractivity contribution in [1.82, 2.24) is 15.5 Å². The molecule has 0 spiro atoms. The lowest BCUT2D eigenvalue weighted by molar-refractivity contribution is -0.119. The molecule has 2 N–H and O–H groups in total. The van der Waals surface area contributed by atoms with E-state index in [4.69, 9.17) is 4.42 Å². The minimum atomic E-state index is -0.386. The minimum absolute atomic E-state index is 0.0751. The molecule has 2 aromatic heterocycles. The molecule has 2 amide bonds. The predicted molar refractivity (Wildman–Crippen MR) is 85.2 cm³/mol. The van der Waals surface area contributed by atoms with E-state index in [1.807, 2.05) is 20.8 Å². The number of rotatable bonds is 5. The summed E-state index contributed by atoms with van der Waals surface area (Å²) in [7, 11) is 0. The van der Waals surface area contributed by atoms with Crippen LogP contribution in [0.4, 0.5) is 5.13 Å². The number of hydrogen-bond donors (Lipinski definition) is 2. The van der Waals surface area contributed by atoms with Crippen molar-refractivity contribution < 1.29 is 14.0 Å². The van der Waals surface area contributed by atoms with Crippen LogP contribution in [0, 0.1) is 0 Å². The van der Waals surface area contributed by atoms with Crippen LogP contribution in [0.25, 0.3) is 0 Å². The van der Waals surface area contributed by atoms with Gasteiger partial charge in [0, 0.05) is 5.54 Å². The van der Waals surface area contributed by atoms with E-state index in [0.29, 0.717) is 9.47 Å². The number of nitrogens with zero attached hydrogens (tertiary/aromatic N) is 2. The molecule has 0 aliphatic rings. The number of furan rings is 1. The van der Waals surface area contributed by atoms with Crippen molar-refractivity contribution in [2.75, 3.05) is 11.1 Å². The molecule has 0 atom stereocenters. The van der Waals surface area contributed by atoms with Gasteiger partial charge < -0.3 is 9.73 Å². The van der Waals surface area contributed by atoms with Crippen molar-refractivity contribution in [3.63, 3.8) is 0 Å². The Labute approximate surface area is 135 Å². The third kappa shape index (κ3) is 5.15. The first-order valence-electron chi connectivity index (χ1n) is 6.46. The standard InChI is InChI=1S/C13H16N4O3S2/c1-13(2,3)15-9(18)7-21-12-17-16-11(22-12)14-10(19)8-5-4-6-20-8/h4-6H,7H2,1-3H3,(H,15,18)(H,14,16,19). The molecule has 2 aromatic rings. The lowest BCUT2D eigenvalue weighted by Gasteiger charge is -2.19. The first kappa shape index (κ1) is 16.5. The average Bonchev–Trinajstić information content (AvgIpc) is 3.05. The fourth-order valence-electron chi connectivity index (χ4n) is 1.47. The highest BCUT2D eigenvalue weighted by Gasteiger charge is 2.16. The van der Waals surface area contributed by atoms with Crippen molar-refractivity contribution in [3.05, 3.63) is 24.2 Å². The Balaban J connectivity index is 1.84. The summed E-state index contributed by atoms with van der Waals surface area (Å²) in [6.45, 7) is 5.76. The molecule has 7 nitrogen and oxygen atoms in total. The number of thioether (sulfide) groups is 1. The molecule has 9 heteroatoms. The number of carbonyl (C=O) groups is 2. The Morgan fingerprint density at radius 3 is 2.77 bits per heavy atom. The van der Waals surface area contributed by atoms with Crippen LogP contribution in [0.15, 0.2) is 27.2 Å². The molecular formula is C13H16N4O3S2. The number of carbonyl (C=O) groups excluding carboxylic acids is 2. The van der Waals surface area contributed by atoms with Gasteiger partial charge in [0.05, 0.1) is 12.0 Å². The van der Waals surface area contributed by atoms with E-state index < -0.39 is 0 Å². The van der Waals surface area contributed by atoms with Gasteiger partial charge in [0.25, 0.3) is 5.91 Å². The van der Waals surface area contributed by atoms with E-state index in [2.05, 4.69) is 20.8 Å². The Bertz CT molecular complexity index is 647. The maximum Gasteiger partial charge on any atom is 0.293 e. The molecule has 0 radical (unpaired) electrons. The summed E-state index contributed by atoms with van der Waals surface area (Å²) in [6.07, 6.45) is 1.42. The maximum absolute atomic E-state index is 11.8. The molecule has 0 aromatic carbocycles. The molecule has 0 fully saturated rings. The maximum atomic E-state index is 11.8. The van der Waals surface area contributed by atoms with Crippen LogP contribution in [0.5, 0.6) is 0 Å². The van der Waals surface area contributed by atoms with Gasteiger partial charge in [-0.3, -0.25) is 14.9 Å². The second-order valence-electron chi connectivity index (χ2n) is 5.39. The van der Waals surface area contributed by atoms with Crippen LogP contribution in [0.2, 0.25) is 0 Å². The quantitative estimate of drug-likeness (QED) is 0.641. The van der Waals surface area contributed by atoms with Gasteiger partial charge in [-0.05, 0) is 32.9 Å². The largest absolute Gasteiger partial charge is 0.459 e. The van der Waals surface area contributed by atoms with Gasteiger partial charge in [0.15, 0.2) is 10.1 Å². The summed E-state index contributed by atoms with van der Waals surface area (Å²) in [5.74, 6) is -0.0103. The van der Waals surface area contributed by atoms with Gasteiger partial charge in [0.1, 0.15) is 0 Å². The van der Waals surface area contributed by atoms with E-state index >= 15 is 0 Å². The van der Waals surface area contributed by atoms with Crippen molar-refractivity contribution in [1.29, 1.82) is 0 Å². The highest BCUT2D eigenvalue weighted by molar-refractivity contribution is 8.01. The van der Waals surface area contributed by atoms with Gasteiger partial charge in [-0.1, -0.05) is 23.1 Å². The highest BCUT2D eigenvalue weighted by Crippen LogP contribution is 2.25. The fraction of sp³-hybridized carbons (Fsp3) is 0.385. The second kappa shape index (κ2) is 6.93. The SMILES string of the molecule is CC(C)(C)NC(=O)CSc1nnc(NC(=O)c2ccco2)s1. The Hall–Kier alpha value is -1.87. The first-order chi connectivity index (χ1) is 10.3. The van der Waals surface area contributed by atoms with Gasteiger partial charge in [-0.15, -0.1) is 10.2 Å². The van der Waals surface area contributed by atoms with Gasteiger partial charge in [0.2, 0.25) is 11.0 Å². The minimum Gasteiger partial charge on any atom is -0.459 e. The van der Waals surface area contributed by atoms with Crippen LogP contribution < -0.4 is 10.6 Å². The van der Waals surface area contributed by atoms with E-state index in [-0.39, 0.29) is 28.9 Å². The summed E-state index contributed by atoms with van der Waals surface area (Å²) in [5, 5.41) is 13.6. The van der Waals surface area contributed by atoms with Crippen LogP contribution in [0.1, 0.15) is 31.3 Å². The predicted octanol–water partition coefficient (Wildman–Crippen LogP) is 2.39. The number of anilines is 1. The third-order valence-electron chi connectivity index (χ3n) is 2.21. The number of aromatic nitrogens is 2.